The number of carbonyl (C=O) groups excluding carboxylic acids is 1. The number of methoxy groups -OCH3 is 1. The first kappa shape index (κ1) is 20.5. The smallest absolute Gasteiger partial charge is 0.251 e. The van der Waals surface area contributed by atoms with Crippen molar-refractivity contribution in [3.63, 3.8) is 0 Å². The molecule has 2 N–H and O–H groups in total. The molecule has 26 heavy (non-hydrogen) atoms. The van der Waals surface area contributed by atoms with Gasteiger partial charge in [-0.3, -0.25) is 4.79 Å². The van der Waals surface area contributed by atoms with Crippen molar-refractivity contribution in [3.05, 3.63) is 57.6 Å². The lowest BCUT2D eigenvalue weighted by molar-refractivity contribution is 0.0939. The third-order valence-corrected chi connectivity index (χ3v) is 5.76. The second kappa shape index (κ2) is 8.26. The third kappa shape index (κ3) is 4.48. The maximum absolute atomic E-state index is 12.5. The lowest BCUT2D eigenvalue weighted by Crippen LogP contribution is -2.27. The summed E-state index contributed by atoms with van der Waals surface area (Å²) in [6.45, 7) is 1.77. The second-order valence-corrected chi connectivity index (χ2v) is 8.13. The van der Waals surface area contributed by atoms with Gasteiger partial charge < -0.3 is 10.1 Å². The summed E-state index contributed by atoms with van der Waals surface area (Å²) in [5.41, 5.74) is 0.873. The van der Waals surface area contributed by atoms with Gasteiger partial charge in [-0.1, -0.05) is 29.3 Å². The van der Waals surface area contributed by atoms with Crippen molar-refractivity contribution in [3.8, 4) is 5.75 Å². The Hall–Kier alpha value is -1.80. The summed E-state index contributed by atoms with van der Waals surface area (Å²) in [4.78, 5) is 12.4. The summed E-state index contributed by atoms with van der Waals surface area (Å²) in [7, 11) is -1.14. The number of amides is 1. The number of sulfonamides is 1. The third-order valence-electron chi connectivity index (χ3n) is 3.76. The van der Waals surface area contributed by atoms with E-state index in [0.717, 1.165) is 0 Å². The van der Waals surface area contributed by atoms with Gasteiger partial charge >= 0.3 is 0 Å². The highest BCUT2D eigenvalue weighted by Gasteiger charge is 2.21. The number of hydrogen-bond acceptors (Lipinski definition) is 4. The van der Waals surface area contributed by atoms with Crippen LogP contribution in [0.15, 0.2) is 41.3 Å². The van der Waals surface area contributed by atoms with Gasteiger partial charge in [0.25, 0.3) is 5.91 Å². The fraction of sp³-hybridized carbons (Fsp3) is 0.235. The summed E-state index contributed by atoms with van der Waals surface area (Å²) in [5.74, 6) is -0.302. The molecule has 0 spiro atoms. The Morgan fingerprint density at radius 1 is 1.15 bits per heavy atom. The number of carbonyl (C=O) groups is 1. The van der Waals surface area contributed by atoms with Crippen LogP contribution in [0.5, 0.6) is 5.75 Å². The molecule has 0 fully saturated rings. The maximum atomic E-state index is 12.5. The quantitative estimate of drug-likeness (QED) is 0.755. The topological polar surface area (TPSA) is 84.5 Å². The normalized spacial score (nSPS) is 12.5. The van der Waals surface area contributed by atoms with Gasteiger partial charge in [0.05, 0.1) is 13.2 Å². The van der Waals surface area contributed by atoms with Crippen molar-refractivity contribution < 1.29 is 17.9 Å². The minimum atomic E-state index is -3.78. The largest absolute Gasteiger partial charge is 0.495 e. The van der Waals surface area contributed by atoms with Crippen molar-refractivity contribution in [2.75, 3.05) is 14.2 Å². The van der Waals surface area contributed by atoms with Gasteiger partial charge in [-0.05, 0) is 49.9 Å². The summed E-state index contributed by atoms with van der Waals surface area (Å²) in [5, 5.41) is 3.71. The van der Waals surface area contributed by atoms with E-state index in [1.807, 2.05) is 0 Å². The molecule has 1 amide bonds. The predicted octanol–water partition coefficient (Wildman–Crippen LogP) is 3.40. The van der Waals surface area contributed by atoms with E-state index in [1.54, 1.807) is 25.1 Å². The minimum absolute atomic E-state index is 0.118. The number of benzene rings is 2. The number of rotatable bonds is 6. The van der Waals surface area contributed by atoms with Crippen LogP contribution in [0.4, 0.5) is 0 Å². The molecular weight excluding hydrogens is 399 g/mol. The van der Waals surface area contributed by atoms with Gasteiger partial charge in [0.15, 0.2) is 0 Å². The zero-order chi connectivity index (χ0) is 19.5. The second-order valence-electron chi connectivity index (χ2n) is 5.43. The molecule has 0 bridgehead atoms. The monoisotopic (exact) mass is 416 g/mol. The van der Waals surface area contributed by atoms with Crippen LogP contribution < -0.4 is 14.8 Å². The Labute approximate surface area is 162 Å². The molecule has 2 aromatic rings. The molecule has 0 saturated carbocycles. The Morgan fingerprint density at radius 3 is 2.42 bits per heavy atom. The van der Waals surface area contributed by atoms with E-state index in [-0.39, 0.29) is 16.2 Å². The van der Waals surface area contributed by atoms with Crippen LogP contribution in [-0.2, 0) is 10.0 Å². The van der Waals surface area contributed by atoms with E-state index in [2.05, 4.69) is 10.0 Å². The van der Waals surface area contributed by atoms with E-state index in [4.69, 9.17) is 27.9 Å². The van der Waals surface area contributed by atoms with Crippen molar-refractivity contribution >= 4 is 39.1 Å². The maximum Gasteiger partial charge on any atom is 0.251 e. The molecule has 0 radical (unpaired) electrons. The zero-order valence-corrected chi connectivity index (χ0v) is 16.7. The van der Waals surface area contributed by atoms with E-state index < -0.39 is 22.0 Å². The molecule has 6 nitrogen and oxygen atoms in total. The molecule has 9 heteroatoms. The first-order valence-corrected chi connectivity index (χ1v) is 9.81. The zero-order valence-electron chi connectivity index (χ0n) is 14.3. The molecule has 1 unspecified atom stereocenters. The number of nitrogens with one attached hydrogen (secondary N) is 2. The summed E-state index contributed by atoms with van der Waals surface area (Å²) < 4.78 is 31.5. The molecule has 0 aliphatic carbocycles. The highest BCUT2D eigenvalue weighted by molar-refractivity contribution is 7.89. The average Bonchev–Trinajstić information content (AvgIpc) is 2.60. The first-order chi connectivity index (χ1) is 12.2. The van der Waals surface area contributed by atoms with Gasteiger partial charge in [-0.25, -0.2) is 13.1 Å². The fourth-order valence-corrected chi connectivity index (χ4v) is 3.84. The van der Waals surface area contributed by atoms with Gasteiger partial charge in [-0.15, -0.1) is 0 Å². The van der Waals surface area contributed by atoms with Gasteiger partial charge in [-0.2, -0.15) is 0 Å². The summed E-state index contributed by atoms with van der Waals surface area (Å²) in [6.07, 6.45) is 0. The molecular formula is C17H18Cl2N2O4S. The van der Waals surface area contributed by atoms with E-state index in [0.29, 0.717) is 15.6 Å². The van der Waals surface area contributed by atoms with Crippen molar-refractivity contribution in [1.82, 2.24) is 10.0 Å². The molecule has 2 rings (SSSR count). The van der Waals surface area contributed by atoms with Crippen molar-refractivity contribution in [2.24, 2.45) is 0 Å². The van der Waals surface area contributed by atoms with E-state index in [9.17, 15) is 13.2 Å². The summed E-state index contributed by atoms with van der Waals surface area (Å²) >= 11 is 12.0. The van der Waals surface area contributed by atoms with Crippen LogP contribution in [0.3, 0.4) is 0 Å². The highest BCUT2D eigenvalue weighted by atomic mass is 35.5. The molecule has 0 aromatic heterocycles. The van der Waals surface area contributed by atoms with E-state index >= 15 is 0 Å². The highest BCUT2D eigenvalue weighted by Crippen LogP contribution is 2.27. The molecule has 0 aliphatic rings. The molecule has 0 aliphatic heterocycles. The first-order valence-electron chi connectivity index (χ1n) is 7.57. The number of hydrogen-bond donors (Lipinski definition) is 2. The molecule has 0 saturated heterocycles. The van der Waals surface area contributed by atoms with Crippen LogP contribution in [0.1, 0.15) is 28.9 Å². The number of ether oxygens (including phenoxy) is 1. The van der Waals surface area contributed by atoms with Crippen LogP contribution in [-0.4, -0.2) is 28.5 Å². The van der Waals surface area contributed by atoms with Crippen LogP contribution in [0.2, 0.25) is 10.0 Å². The molecule has 0 heterocycles. The Morgan fingerprint density at radius 2 is 1.85 bits per heavy atom. The van der Waals surface area contributed by atoms with Crippen molar-refractivity contribution in [1.29, 1.82) is 0 Å². The van der Waals surface area contributed by atoms with Crippen LogP contribution in [0.25, 0.3) is 0 Å². The lowest BCUT2D eigenvalue weighted by Gasteiger charge is -2.17. The SMILES string of the molecule is CNS(=O)(=O)c1cc(C(=O)NC(C)c2ccc(Cl)cc2Cl)ccc1OC. The fourth-order valence-electron chi connectivity index (χ4n) is 2.35. The van der Waals surface area contributed by atoms with Crippen molar-refractivity contribution in [2.45, 2.75) is 17.9 Å². The Kier molecular flexibility index (Phi) is 6.52. The Bertz CT molecular complexity index is 932. The molecule has 1 atom stereocenters. The van der Waals surface area contributed by atoms with Gasteiger partial charge in [0.1, 0.15) is 10.6 Å². The predicted molar refractivity (Wildman–Crippen MR) is 102 cm³/mol. The Balaban J connectivity index is 2.31. The van der Waals surface area contributed by atoms with Crippen LogP contribution >= 0.6 is 23.2 Å². The van der Waals surface area contributed by atoms with Gasteiger partial charge in [0, 0.05) is 15.6 Å². The number of halogens is 2. The minimum Gasteiger partial charge on any atom is -0.495 e. The molecule has 2 aromatic carbocycles. The van der Waals surface area contributed by atoms with E-state index in [1.165, 1.54) is 32.4 Å². The standard InChI is InChI=1S/C17H18Cl2N2O4S/c1-10(13-6-5-12(18)9-14(13)19)21-17(22)11-4-7-15(25-3)16(8-11)26(23,24)20-2/h4-10,20H,1-3H3,(H,21,22). The average molecular weight is 417 g/mol. The molecule has 140 valence electrons. The van der Waals surface area contributed by atoms with Gasteiger partial charge in [0.2, 0.25) is 10.0 Å². The summed E-state index contributed by atoms with van der Waals surface area (Å²) in [6, 6.07) is 8.76. The lowest BCUT2D eigenvalue weighted by atomic mass is 10.1. The van der Waals surface area contributed by atoms with Crippen LogP contribution in [0, 0.1) is 0 Å².